The lowest BCUT2D eigenvalue weighted by Crippen LogP contribution is -2.15. The van der Waals surface area contributed by atoms with Crippen molar-refractivity contribution >= 4 is 46.6 Å². The Morgan fingerprint density at radius 2 is 1.95 bits per heavy atom. The number of nitrogens with zero attached hydrogens (tertiary/aromatic N) is 1. The molecular weight excluding hydrogens is 339 g/mol. The zero-order valence-electron chi connectivity index (χ0n) is 11.5. The summed E-state index contributed by atoms with van der Waals surface area (Å²) in [6, 6.07) is 14.4. The van der Waals surface area contributed by atoms with Crippen LogP contribution >= 0.6 is 35.0 Å². The minimum atomic E-state index is -0.146. The van der Waals surface area contributed by atoms with Crippen LogP contribution in [0.2, 0.25) is 10.0 Å². The van der Waals surface area contributed by atoms with Crippen LogP contribution in [0.4, 0.5) is 5.69 Å². The number of anilines is 1. The third-order valence-corrected chi connectivity index (χ3v) is 4.55. The molecule has 0 aromatic heterocycles. The Hall–Kier alpha value is -1.67. The predicted molar refractivity (Wildman–Crippen MR) is 92.4 cm³/mol. The molecule has 0 aliphatic heterocycles. The van der Waals surface area contributed by atoms with Crippen LogP contribution in [0, 0.1) is 11.3 Å². The first kappa shape index (κ1) is 16.7. The van der Waals surface area contributed by atoms with Gasteiger partial charge in [0.05, 0.1) is 27.0 Å². The molecule has 0 atom stereocenters. The lowest BCUT2D eigenvalue weighted by atomic mass is 10.2. The van der Waals surface area contributed by atoms with E-state index in [-0.39, 0.29) is 5.91 Å². The highest BCUT2D eigenvalue weighted by Gasteiger charge is 2.07. The van der Waals surface area contributed by atoms with Crippen LogP contribution in [-0.4, -0.2) is 11.7 Å². The van der Waals surface area contributed by atoms with Crippen LogP contribution in [-0.2, 0) is 10.5 Å². The van der Waals surface area contributed by atoms with Crippen molar-refractivity contribution in [2.45, 2.75) is 5.75 Å². The van der Waals surface area contributed by atoms with Crippen LogP contribution < -0.4 is 5.32 Å². The summed E-state index contributed by atoms with van der Waals surface area (Å²) in [6.45, 7) is 0. The van der Waals surface area contributed by atoms with E-state index in [2.05, 4.69) is 5.32 Å². The first-order valence-electron chi connectivity index (χ1n) is 6.41. The minimum Gasteiger partial charge on any atom is -0.324 e. The molecule has 0 aliphatic rings. The van der Waals surface area contributed by atoms with Gasteiger partial charge in [0.25, 0.3) is 0 Å². The topological polar surface area (TPSA) is 52.9 Å². The Morgan fingerprint density at radius 1 is 1.18 bits per heavy atom. The third-order valence-electron chi connectivity index (χ3n) is 2.81. The fourth-order valence-electron chi connectivity index (χ4n) is 1.77. The quantitative estimate of drug-likeness (QED) is 0.847. The largest absolute Gasteiger partial charge is 0.324 e. The maximum Gasteiger partial charge on any atom is 0.234 e. The van der Waals surface area contributed by atoms with Gasteiger partial charge in [0.15, 0.2) is 0 Å². The Balaban J connectivity index is 1.85. The summed E-state index contributed by atoms with van der Waals surface area (Å²) in [7, 11) is 0. The maximum atomic E-state index is 11.9. The van der Waals surface area contributed by atoms with Crippen molar-refractivity contribution < 1.29 is 4.79 Å². The Labute approximate surface area is 143 Å². The molecule has 1 amide bonds. The van der Waals surface area contributed by atoms with E-state index in [9.17, 15) is 4.79 Å². The van der Waals surface area contributed by atoms with Gasteiger partial charge in [0.2, 0.25) is 5.91 Å². The van der Waals surface area contributed by atoms with E-state index in [4.69, 9.17) is 28.5 Å². The molecule has 0 radical (unpaired) electrons. The van der Waals surface area contributed by atoms with Crippen LogP contribution in [0.3, 0.4) is 0 Å². The van der Waals surface area contributed by atoms with Crippen LogP contribution in [0.1, 0.15) is 11.1 Å². The minimum absolute atomic E-state index is 0.146. The third kappa shape index (κ3) is 4.67. The first-order chi connectivity index (χ1) is 10.6. The highest BCUT2D eigenvalue weighted by molar-refractivity contribution is 7.99. The number of amides is 1. The summed E-state index contributed by atoms with van der Waals surface area (Å²) in [5, 5.41) is 12.7. The first-order valence-corrected chi connectivity index (χ1v) is 8.32. The molecule has 3 nitrogen and oxygen atoms in total. The number of para-hydroxylation sites is 1. The summed E-state index contributed by atoms with van der Waals surface area (Å²) in [5.41, 5.74) is 1.99. The number of carbonyl (C=O) groups excluding carboxylic acids is 1. The smallest absolute Gasteiger partial charge is 0.234 e. The van der Waals surface area contributed by atoms with E-state index in [0.29, 0.717) is 32.8 Å². The molecule has 0 heterocycles. The summed E-state index contributed by atoms with van der Waals surface area (Å²) >= 11 is 13.3. The SMILES string of the molecule is N#Cc1ccccc1NC(=O)CSCc1ccc(Cl)c(Cl)c1. The lowest BCUT2D eigenvalue weighted by Gasteiger charge is -2.07. The molecule has 112 valence electrons. The van der Waals surface area contributed by atoms with E-state index >= 15 is 0 Å². The Morgan fingerprint density at radius 3 is 2.68 bits per heavy atom. The second kappa shape index (κ2) is 8.09. The molecule has 6 heteroatoms. The summed E-state index contributed by atoms with van der Waals surface area (Å²) < 4.78 is 0. The average Bonchev–Trinajstić information content (AvgIpc) is 2.51. The van der Waals surface area contributed by atoms with Gasteiger partial charge < -0.3 is 5.32 Å². The molecule has 0 saturated carbocycles. The zero-order valence-corrected chi connectivity index (χ0v) is 13.8. The second-order valence-electron chi connectivity index (χ2n) is 4.45. The van der Waals surface area contributed by atoms with Gasteiger partial charge in [-0.05, 0) is 29.8 Å². The van der Waals surface area contributed by atoms with Gasteiger partial charge in [-0.3, -0.25) is 4.79 Å². The van der Waals surface area contributed by atoms with Gasteiger partial charge in [-0.25, -0.2) is 0 Å². The molecule has 22 heavy (non-hydrogen) atoms. The van der Waals surface area contributed by atoms with Crippen LogP contribution in [0.5, 0.6) is 0 Å². The predicted octanol–water partition coefficient (Wildman–Crippen LogP) is 4.74. The van der Waals surface area contributed by atoms with Crippen molar-refractivity contribution in [1.29, 1.82) is 5.26 Å². The van der Waals surface area contributed by atoms with Crippen LogP contribution in [0.25, 0.3) is 0 Å². The molecule has 0 bridgehead atoms. The molecule has 2 aromatic carbocycles. The van der Waals surface area contributed by atoms with Crippen molar-refractivity contribution in [1.82, 2.24) is 0 Å². The number of nitrogens with one attached hydrogen (secondary N) is 1. The molecule has 2 aromatic rings. The summed E-state index contributed by atoms with van der Waals surface area (Å²) in [6.07, 6.45) is 0. The van der Waals surface area contributed by atoms with E-state index < -0.39 is 0 Å². The fourth-order valence-corrected chi connectivity index (χ4v) is 2.86. The Kier molecular flexibility index (Phi) is 6.14. The van der Waals surface area contributed by atoms with E-state index in [0.717, 1.165) is 5.56 Å². The number of hydrogen-bond donors (Lipinski definition) is 1. The number of benzene rings is 2. The average molecular weight is 351 g/mol. The van der Waals surface area contributed by atoms with Gasteiger partial charge in [-0.2, -0.15) is 5.26 Å². The Bertz CT molecular complexity index is 728. The molecule has 1 N–H and O–H groups in total. The molecule has 0 saturated heterocycles. The zero-order chi connectivity index (χ0) is 15.9. The van der Waals surface area contributed by atoms with Gasteiger partial charge in [0, 0.05) is 5.75 Å². The molecule has 0 fully saturated rings. The molecule has 2 rings (SSSR count). The van der Waals surface area contributed by atoms with E-state index in [1.54, 1.807) is 36.4 Å². The van der Waals surface area contributed by atoms with Crippen molar-refractivity contribution in [2.75, 3.05) is 11.1 Å². The normalized spacial score (nSPS) is 10.0. The number of nitriles is 1. The van der Waals surface area contributed by atoms with Crippen molar-refractivity contribution in [2.24, 2.45) is 0 Å². The molecule has 0 aliphatic carbocycles. The summed E-state index contributed by atoms with van der Waals surface area (Å²) in [5.74, 6) is 0.803. The standard InChI is InChI=1S/C16H12Cl2N2OS/c17-13-6-5-11(7-14(13)18)9-22-10-16(21)20-15-4-2-1-3-12(15)8-19/h1-7H,9-10H2,(H,20,21). The van der Waals surface area contributed by atoms with Gasteiger partial charge in [0.1, 0.15) is 6.07 Å². The van der Waals surface area contributed by atoms with Crippen molar-refractivity contribution in [3.63, 3.8) is 0 Å². The van der Waals surface area contributed by atoms with E-state index in [1.165, 1.54) is 11.8 Å². The van der Waals surface area contributed by atoms with E-state index in [1.807, 2.05) is 12.1 Å². The second-order valence-corrected chi connectivity index (χ2v) is 6.25. The number of rotatable bonds is 5. The van der Waals surface area contributed by atoms with Gasteiger partial charge in [-0.1, -0.05) is 41.4 Å². The van der Waals surface area contributed by atoms with Gasteiger partial charge >= 0.3 is 0 Å². The molecule has 0 spiro atoms. The highest BCUT2D eigenvalue weighted by Crippen LogP contribution is 2.24. The number of hydrogen-bond acceptors (Lipinski definition) is 3. The van der Waals surface area contributed by atoms with Crippen molar-refractivity contribution in [3.05, 3.63) is 63.6 Å². The lowest BCUT2D eigenvalue weighted by molar-refractivity contribution is -0.113. The number of halogens is 2. The molecule has 0 unspecified atom stereocenters. The number of thioether (sulfide) groups is 1. The molecular formula is C16H12Cl2N2OS. The highest BCUT2D eigenvalue weighted by atomic mass is 35.5. The fraction of sp³-hybridized carbons (Fsp3) is 0.125. The van der Waals surface area contributed by atoms with Crippen LogP contribution in [0.15, 0.2) is 42.5 Å². The number of carbonyl (C=O) groups is 1. The monoisotopic (exact) mass is 350 g/mol. The van der Waals surface area contributed by atoms with Gasteiger partial charge in [-0.15, -0.1) is 11.8 Å². The van der Waals surface area contributed by atoms with Crippen molar-refractivity contribution in [3.8, 4) is 6.07 Å². The summed E-state index contributed by atoms with van der Waals surface area (Å²) in [4.78, 5) is 11.9. The maximum absolute atomic E-state index is 11.9.